The number of alkyl carbamates (subject to hydrolysis) is 1. The molecule has 0 aromatic heterocycles. The zero-order valence-corrected chi connectivity index (χ0v) is 19.5. The Labute approximate surface area is 194 Å². The molecule has 1 aliphatic carbocycles. The molecule has 0 bridgehead atoms. The lowest BCUT2D eigenvalue weighted by Crippen LogP contribution is -2.55. The molecular weight excluding hydrogens is 420 g/mol. The van der Waals surface area contributed by atoms with E-state index in [1.165, 1.54) is 0 Å². The van der Waals surface area contributed by atoms with Crippen molar-refractivity contribution in [1.29, 1.82) is 0 Å². The third-order valence-corrected chi connectivity index (χ3v) is 6.34. The number of fused-ring (bicyclic) bond motifs is 3. The number of ether oxygens (including phenoxy) is 1. The van der Waals surface area contributed by atoms with Crippen molar-refractivity contribution < 1.29 is 24.2 Å². The molecule has 1 aliphatic rings. The lowest BCUT2D eigenvalue weighted by atomic mass is 9.97. The molecule has 0 spiro atoms. The quantitative estimate of drug-likeness (QED) is 0.530. The van der Waals surface area contributed by atoms with E-state index in [-0.39, 0.29) is 24.4 Å². The number of benzene rings is 2. The van der Waals surface area contributed by atoms with Crippen molar-refractivity contribution in [3.8, 4) is 11.1 Å². The number of aliphatic carboxylic acids is 1. The molecule has 7 heteroatoms. The van der Waals surface area contributed by atoms with E-state index in [4.69, 9.17) is 4.74 Å². The fourth-order valence-electron chi connectivity index (χ4n) is 4.23. The number of amides is 2. The second kappa shape index (κ2) is 10.5. The van der Waals surface area contributed by atoms with Crippen molar-refractivity contribution in [3.05, 3.63) is 59.7 Å². The number of hydrogen-bond donors (Lipinski definition) is 3. The molecule has 7 nitrogen and oxygen atoms in total. The highest BCUT2D eigenvalue weighted by Gasteiger charge is 2.33. The highest BCUT2D eigenvalue weighted by Crippen LogP contribution is 2.44. The number of carbonyl (C=O) groups is 3. The average molecular weight is 453 g/mol. The normalized spacial score (nSPS) is 15.2. The number of carbonyl (C=O) groups excluding carboxylic acids is 2. The number of carboxylic acids is 1. The van der Waals surface area contributed by atoms with E-state index in [9.17, 15) is 19.5 Å². The summed E-state index contributed by atoms with van der Waals surface area (Å²) in [5.74, 6) is -2.22. The molecule has 0 saturated heterocycles. The van der Waals surface area contributed by atoms with Crippen molar-refractivity contribution in [3.63, 3.8) is 0 Å². The highest BCUT2D eigenvalue weighted by atomic mass is 16.5. The second-order valence-corrected chi connectivity index (χ2v) is 8.90. The van der Waals surface area contributed by atoms with Crippen LogP contribution in [0, 0.1) is 11.8 Å². The lowest BCUT2D eigenvalue weighted by Gasteiger charge is -2.26. The van der Waals surface area contributed by atoms with Crippen LogP contribution < -0.4 is 10.6 Å². The minimum atomic E-state index is -1.11. The van der Waals surface area contributed by atoms with Gasteiger partial charge in [-0.05, 0) is 34.1 Å². The van der Waals surface area contributed by atoms with Crippen LogP contribution in [-0.2, 0) is 14.3 Å². The molecule has 3 atom stereocenters. The maximum Gasteiger partial charge on any atom is 0.407 e. The summed E-state index contributed by atoms with van der Waals surface area (Å²) in [4.78, 5) is 37.0. The first-order chi connectivity index (χ1) is 15.7. The Morgan fingerprint density at radius 3 is 1.94 bits per heavy atom. The third kappa shape index (κ3) is 5.35. The Kier molecular flexibility index (Phi) is 7.74. The van der Waals surface area contributed by atoms with Crippen LogP contribution in [0.15, 0.2) is 48.5 Å². The molecule has 3 unspecified atom stereocenters. The Morgan fingerprint density at radius 2 is 1.45 bits per heavy atom. The van der Waals surface area contributed by atoms with Gasteiger partial charge in [0.25, 0.3) is 0 Å². The Hall–Kier alpha value is -3.35. The van der Waals surface area contributed by atoms with Crippen molar-refractivity contribution >= 4 is 18.0 Å². The molecule has 0 radical (unpaired) electrons. The van der Waals surface area contributed by atoms with Crippen LogP contribution in [0.4, 0.5) is 4.79 Å². The summed E-state index contributed by atoms with van der Waals surface area (Å²) in [7, 11) is 0. The predicted molar refractivity (Wildman–Crippen MR) is 126 cm³/mol. The SMILES string of the molecule is CCC(C)C(NC(=O)OCC1c2ccccc2-c2ccccc21)C(=O)NC(C(=O)O)C(C)C. The van der Waals surface area contributed by atoms with Gasteiger partial charge in [-0.15, -0.1) is 0 Å². The van der Waals surface area contributed by atoms with E-state index in [1.54, 1.807) is 13.8 Å². The molecule has 2 aromatic carbocycles. The van der Waals surface area contributed by atoms with Gasteiger partial charge in [0.05, 0.1) is 0 Å². The summed E-state index contributed by atoms with van der Waals surface area (Å²) in [6, 6.07) is 14.2. The molecule has 0 saturated carbocycles. The van der Waals surface area contributed by atoms with Crippen LogP contribution in [0.2, 0.25) is 0 Å². The van der Waals surface area contributed by atoms with Gasteiger partial charge in [0.2, 0.25) is 5.91 Å². The monoisotopic (exact) mass is 452 g/mol. The van der Waals surface area contributed by atoms with Gasteiger partial charge in [-0.3, -0.25) is 4.79 Å². The molecule has 2 aromatic rings. The van der Waals surface area contributed by atoms with E-state index in [1.807, 2.05) is 50.2 Å². The largest absolute Gasteiger partial charge is 0.480 e. The molecule has 0 aliphatic heterocycles. The number of nitrogens with one attached hydrogen (secondary N) is 2. The lowest BCUT2D eigenvalue weighted by molar-refractivity contribution is -0.143. The van der Waals surface area contributed by atoms with E-state index >= 15 is 0 Å². The van der Waals surface area contributed by atoms with Crippen LogP contribution in [0.3, 0.4) is 0 Å². The molecule has 3 N–H and O–H groups in total. The van der Waals surface area contributed by atoms with Crippen molar-refractivity contribution in [1.82, 2.24) is 10.6 Å². The smallest absolute Gasteiger partial charge is 0.407 e. The zero-order valence-electron chi connectivity index (χ0n) is 19.5. The Bertz CT molecular complexity index is 974. The van der Waals surface area contributed by atoms with Gasteiger partial charge in [-0.2, -0.15) is 0 Å². The van der Waals surface area contributed by atoms with Gasteiger partial charge in [0, 0.05) is 5.92 Å². The first-order valence-electron chi connectivity index (χ1n) is 11.4. The summed E-state index contributed by atoms with van der Waals surface area (Å²) in [6.45, 7) is 7.31. The van der Waals surface area contributed by atoms with Crippen molar-refractivity contribution in [2.24, 2.45) is 11.8 Å². The van der Waals surface area contributed by atoms with Crippen LogP contribution in [0.25, 0.3) is 11.1 Å². The highest BCUT2D eigenvalue weighted by molar-refractivity contribution is 5.89. The van der Waals surface area contributed by atoms with Crippen molar-refractivity contribution in [2.75, 3.05) is 6.61 Å². The molecule has 0 heterocycles. The Morgan fingerprint density at radius 1 is 0.909 bits per heavy atom. The minimum absolute atomic E-state index is 0.0867. The van der Waals surface area contributed by atoms with Gasteiger partial charge < -0.3 is 20.5 Å². The van der Waals surface area contributed by atoms with Crippen molar-refractivity contribution in [2.45, 2.75) is 52.1 Å². The number of hydrogen-bond acceptors (Lipinski definition) is 4. The first kappa shape index (κ1) is 24.3. The first-order valence-corrected chi connectivity index (χ1v) is 11.4. The topological polar surface area (TPSA) is 105 Å². The maximum atomic E-state index is 12.8. The van der Waals surface area contributed by atoms with Gasteiger partial charge >= 0.3 is 12.1 Å². The molecule has 0 fully saturated rings. The zero-order chi connectivity index (χ0) is 24.1. The van der Waals surface area contributed by atoms with E-state index in [2.05, 4.69) is 22.8 Å². The minimum Gasteiger partial charge on any atom is -0.480 e. The van der Waals surface area contributed by atoms with Crippen LogP contribution in [0.1, 0.15) is 51.2 Å². The summed E-state index contributed by atoms with van der Waals surface area (Å²) in [5, 5.41) is 14.6. The summed E-state index contributed by atoms with van der Waals surface area (Å²) in [6.07, 6.45) is -0.0741. The van der Waals surface area contributed by atoms with Gasteiger partial charge in [-0.25, -0.2) is 9.59 Å². The van der Waals surface area contributed by atoms with E-state index in [0.717, 1.165) is 22.3 Å². The fraction of sp³-hybridized carbons (Fsp3) is 0.423. The predicted octanol–water partition coefficient (Wildman–Crippen LogP) is 4.17. The van der Waals surface area contributed by atoms with Gasteiger partial charge in [0.15, 0.2) is 0 Å². The third-order valence-electron chi connectivity index (χ3n) is 6.34. The molecule has 3 rings (SSSR count). The standard InChI is InChI=1S/C26H32N2O5/c1-5-16(4)23(24(29)27-22(15(2)3)25(30)31)28-26(32)33-14-21-19-12-8-6-10-17(19)18-11-7-9-13-20(18)21/h6-13,15-16,21-23H,5,14H2,1-4H3,(H,27,29)(H,28,32)(H,30,31). The number of carboxylic acid groups (broad SMARTS) is 1. The molecule has 2 amide bonds. The summed E-state index contributed by atoms with van der Waals surface area (Å²) in [5.41, 5.74) is 4.47. The van der Waals surface area contributed by atoms with Crippen LogP contribution in [-0.4, -0.2) is 41.8 Å². The van der Waals surface area contributed by atoms with Crippen LogP contribution >= 0.6 is 0 Å². The maximum absolute atomic E-state index is 12.8. The summed E-state index contributed by atoms with van der Waals surface area (Å²) < 4.78 is 5.57. The van der Waals surface area contributed by atoms with Gasteiger partial charge in [-0.1, -0.05) is 82.6 Å². The molecule has 33 heavy (non-hydrogen) atoms. The second-order valence-electron chi connectivity index (χ2n) is 8.90. The fourth-order valence-corrected chi connectivity index (χ4v) is 4.23. The molecule has 176 valence electrons. The molecular formula is C26H32N2O5. The Balaban J connectivity index is 1.69. The van der Waals surface area contributed by atoms with Gasteiger partial charge in [0.1, 0.15) is 18.7 Å². The van der Waals surface area contributed by atoms with Crippen LogP contribution in [0.5, 0.6) is 0 Å². The number of rotatable bonds is 9. The van der Waals surface area contributed by atoms with E-state index < -0.39 is 30.1 Å². The van der Waals surface area contributed by atoms with E-state index in [0.29, 0.717) is 6.42 Å². The summed E-state index contributed by atoms with van der Waals surface area (Å²) >= 11 is 0. The average Bonchev–Trinajstić information content (AvgIpc) is 3.12.